The van der Waals surface area contributed by atoms with Gasteiger partial charge in [0.15, 0.2) is 6.29 Å². The van der Waals surface area contributed by atoms with Crippen LogP contribution in [0, 0.1) is 5.82 Å². The molecule has 0 amide bonds. The van der Waals surface area contributed by atoms with Crippen molar-refractivity contribution in [3.05, 3.63) is 41.2 Å². The monoisotopic (exact) mass is 354 g/mol. The van der Waals surface area contributed by atoms with E-state index in [1.165, 1.54) is 18.2 Å². The summed E-state index contributed by atoms with van der Waals surface area (Å²) in [7, 11) is 1.71. The summed E-state index contributed by atoms with van der Waals surface area (Å²) in [5.74, 6) is -0.402. The van der Waals surface area contributed by atoms with Crippen molar-refractivity contribution in [1.82, 2.24) is 0 Å². The Kier molecular flexibility index (Phi) is 15.9. The van der Waals surface area contributed by atoms with Crippen molar-refractivity contribution in [2.75, 3.05) is 20.3 Å². The van der Waals surface area contributed by atoms with Crippen molar-refractivity contribution >= 4 is 18.6 Å². The van der Waals surface area contributed by atoms with E-state index in [2.05, 4.69) is 0 Å². The molecule has 0 aliphatic carbocycles. The highest BCUT2D eigenvalue weighted by Gasteiger charge is 2.04. The lowest BCUT2D eigenvalue weighted by molar-refractivity contribution is -0.107. The summed E-state index contributed by atoms with van der Waals surface area (Å²) in [6.07, 6.45) is 4.78. The third kappa shape index (κ3) is 16.8. The molecule has 0 saturated carbocycles. The summed E-state index contributed by atoms with van der Waals surface area (Å²) in [6, 6.07) is 3.88. The third-order valence-corrected chi connectivity index (χ3v) is 2.73. The van der Waals surface area contributed by atoms with Gasteiger partial charge in [-0.1, -0.05) is 12.2 Å². The molecule has 1 rings (SSSR count). The number of carbonyl (C=O) groups is 2. The van der Waals surface area contributed by atoms with Gasteiger partial charge in [-0.05, 0) is 58.4 Å². The zero-order chi connectivity index (χ0) is 19.7. The van der Waals surface area contributed by atoms with E-state index < -0.39 is 5.82 Å². The van der Waals surface area contributed by atoms with Crippen LogP contribution < -0.4 is 0 Å². The van der Waals surface area contributed by atoms with Gasteiger partial charge in [0.2, 0.25) is 0 Å². The number of aldehydes is 2. The van der Waals surface area contributed by atoms with Crippen LogP contribution in [0.1, 0.15) is 57.0 Å². The fourth-order valence-electron chi connectivity index (χ4n) is 1.25. The van der Waals surface area contributed by atoms with E-state index in [9.17, 15) is 14.0 Å². The van der Waals surface area contributed by atoms with Crippen molar-refractivity contribution in [2.24, 2.45) is 0 Å². The second-order valence-corrected chi connectivity index (χ2v) is 5.79. The Balaban J connectivity index is 0. The van der Waals surface area contributed by atoms with Gasteiger partial charge in [0.25, 0.3) is 0 Å². The van der Waals surface area contributed by atoms with Gasteiger partial charge in [0, 0.05) is 32.3 Å². The average Bonchev–Trinajstić information content (AvgIpc) is 2.56. The predicted octanol–water partition coefficient (Wildman–Crippen LogP) is 4.71. The number of methoxy groups -OCH3 is 1. The van der Waals surface area contributed by atoms with Crippen LogP contribution in [0.3, 0.4) is 0 Å². The standard InChI is InChI=1S/C11H9FO2.C5H12O.C4H10O/c12-11-5-4-10(8-14)9(7-11)3-1-2-6-13;1-5(2,3)6-4;1-3-5-4-2/h1,3-8H,2H2;1-4H3;3-4H2,1-2H3/b3-1+;;. The van der Waals surface area contributed by atoms with Crippen molar-refractivity contribution in [1.29, 1.82) is 0 Å². The van der Waals surface area contributed by atoms with Crippen LogP contribution >= 0.6 is 0 Å². The second kappa shape index (κ2) is 15.7. The average molecular weight is 354 g/mol. The van der Waals surface area contributed by atoms with Crippen molar-refractivity contribution in [3.63, 3.8) is 0 Å². The summed E-state index contributed by atoms with van der Waals surface area (Å²) in [5, 5.41) is 0. The maximum Gasteiger partial charge on any atom is 0.150 e. The van der Waals surface area contributed by atoms with Gasteiger partial charge in [-0.25, -0.2) is 4.39 Å². The number of hydrogen-bond acceptors (Lipinski definition) is 4. The van der Waals surface area contributed by atoms with Crippen molar-refractivity contribution in [3.8, 4) is 0 Å². The summed E-state index contributed by atoms with van der Waals surface area (Å²) in [6.45, 7) is 11.7. The number of ether oxygens (including phenoxy) is 2. The molecule has 0 saturated heterocycles. The molecule has 1 aromatic carbocycles. The minimum Gasteiger partial charge on any atom is -0.382 e. The Morgan fingerprint density at radius 3 is 2.00 bits per heavy atom. The van der Waals surface area contributed by atoms with E-state index in [1.807, 2.05) is 34.6 Å². The lowest BCUT2D eigenvalue weighted by Gasteiger charge is -2.14. The van der Waals surface area contributed by atoms with Crippen molar-refractivity contribution < 1.29 is 23.5 Å². The number of hydrogen-bond donors (Lipinski definition) is 0. The first kappa shape index (κ1) is 25.4. The van der Waals surface area contributed by atoms with E-state index in [0.717, 1.165) is 19.5 Å². The summed E-state index contributed by atoms with van der Waals surface area (Å²) >= 11 is 0. The molecule has 0 aliphatic rings. The van der Waals surface area contributed by atoms with Crippen LogP contribution in [0.15, 0.2) is 24.3 Å². The van der Waals surface area contributed by atoms with Gasteiger partial charge in [-0.15, -0.1) is 0 Å². The normalized spacial score (nSPS) is 10.4. The smallest absolute Gasteiger partial charge is 0.150 e. The van der Waals surface area contributed by atoms with E-state index in [1.54, 1.807) is 19.3 Å². The molecule has 0 fully saturated rings. The molecule has 0 spiro atoms. The number of carbonyl (C=O) groups excluding carboxylic acids is 2. The largest absolute Gasteiger partial charge is 0.382 e. The Labute approximate surface area is 151 Å². The predicted molar refractivity (Wildman–Crippen MR) is 100 cm³/mol. The van der Waals surface area contributed by atoms with E-state index in [0.29, 0.717) is 17.4 Å². The fourth-order valence-corrected chi connectivity index (χ4v) is 1.25. The van der Waals surface area contributed by atoms with Crippen LogP contribution in [-0.4, -0.2) is 38.5 Å². The maximum atomic E-state index is 12.8. The molecule has 0 radical (unpaired) electrons. The molecule has 0 atom stereocenters. The first-order valence-corrected chi connectivity index (χ1v) is 8.23. The van der Waals surface area contributed by atoms with Gasteiger partial charge in [-0.2, -0.15) is 0 Å². The summed E-state index contributed by atoms with van der Waals surface area (Å²) in [5.41, 5.74) is 0.940. The minimum absolute atomic E-state index is 0.0417. The Morgan fingerprint density at radius 1 is 1.08 bits per heavy atom. The molecule has 25 heavy (non-hydrogen) atoms. The minimum atomic E-state index is -0.402. The first-order valence-electron chi connectivity index (χ1n) is 8.23. The van der Waals surface area contributed by atoms with E-state index in [-0.39, 0.29) is 12.0 Å². The molecular formula is C20H31FO4. The highest BCUT2D eigenvalue weighted by atomic mass is 19.1. The molecular weight excluding hydrogens is 323 g/mol. The molecule has 0 aromatic heterocycles. The fraction of sp³-hybridized carbons (Fsp3) is 0.500. The quantitative estimate of drug-likeness (QED) is 0.694. The van der Waals surface area contributed by atoms with Gasteiger partial charge < -0.3 is 14.3 Å². The Morgan fingerprint density at radius 2 is 1.64 bits per heavy atom. The van der Waals surface area contributed by atoms with Gasteiger partial charge in [0.1, 0.15) is 12.1 Å². The molecule has 0 bridgehead atoms. The van der Waals surface area contributed by atoms with E-state index in [4.69, 9.17) is 9.47 Å². The second-order valence-electron chi connectivity index (χ2n) is 5.79. The molecule has 0 heterocycles. The lowest BCUT2D eigenvalue weighted by Crippen LogP contribution is -2.15. The van der Waals surface area contributed by atoms with Crippen LogP contribution in [0.4, 0.5) is 4.39 Å². The molecule has 5 heteroatoms. The summed E-state index contributed by atoms with van der Waals surface area (Å²) < 4.78 is 22.5. The SMILES string of the molecule is CCOCC.COC(C)(C)C.O=CC/C=C/c1cc(F)ccc1C=O. The highest BCUT2D eigenvalue weighted by molar-refractivity contribution is 5.81. The zero-order valence-electron chi connectivity index (χ0n) is 16.2. The maximum absolute atomic E-state index is 12.8. The van der Waals surface area contributed by atoms with Crippen LogP contribution in [0.5, 0.6) is 0 Å². The van der Waals surface area contributed by atoms with Crippen molar-refractivity contribution in [2.45, 2.75) is 46.6 Å². The van der Waals surface area contributed by atoms with Crippen LogP contribution in [-0.2, 0) is 14.3 Å². The first-order chi connectivity index (χ1) is 11.7. The zero-order valence-corrected chi connectivity index (χ0v) is 16.2. The molecule has 0 unspecified atom stereocenters. The van der Waals surface area contributed by atoms with Crippen LogP contribution in [0.2, 0.25) is 0 Å². The molecule has 1 aromatic rings. The summed E-state index contributed by atoms with van der Waals surface area (Å²) in [4.78, 5) is 20.6. The molecule has 4 nitrogen and oxygen atoms in total. The van der Waals surface area contributed by atoms with Gasteiger partial charge in [0.05, 0.1) is 5.60 Å². The van der Waals surface area contributed by atoms with E-state index >= 15 is 0 Å². The highest BCUT2D eigenvalue weighted by Crippen LogP contribution is 2.11. The number of rotatable bonds is 6. The Hall–Kier alpha value is -1.85. The molecule has 0 aliphatic heterocycles. The molecule has 142 valence electrons. The topological polar surface area (TPSA) is 52.6 Å². The number of benzene rings is 1. The number of halogens is 1. The third-order valence-electron chi connectivity index (χ3n) is 2.73. The Bertz CT molecular complexity index is 503. The van der Waals surface area contributed by atoms with Gasteiger partial charge in [-0.3, -0.25) is 4.79 Å². The van der Waals surface area contributed by atoms with Gasteiger partial charge >= 0.3 is 0 Å². The number of allylic oxidation sites excluding steroid dienone is 1. The molecule has 0 N–H and O–H groups in total. The van der Waals surface area contributed by atoms with Crippen LogP contribution in [0.25, 0.3) is 6.08 Å². The lowest BCUT2D eigenvalue weighted by atomic mass is 10.1.